The Bertz CT molecular complexity index is 262. The van der Waals surface area contributed by atoms with Crippen LogP contribution in [0.3, 0.4) is 0 Å². The van der Waals surface area contributed by atoms with Crippen molar-refractivity contribution in [3.8, 4) is 0 Å². The molecule has 1 heteroatoms. The molecule has 0 aliphatic rings. The average Bonchev–Trinajstić information content (AvgIpc) is 2.36. The Hall–Kier alpha value is -0.720. The monoisotopic (exact) mass is 179 g/mol. The molecule has 1 aromatic rings. The molecule has 0 aromatic carbocycles. The van der Waals surface area contributed by atoms with Crippen molar-refractivity contribution in [2.24, 2.45) is 5.41 Å². The first-order chi connectivity index (χ1) is 5.96. The number of rotatable bonds is 3. The molecular weight excluding hydrogens is 158 g/mol. The molecule has 0 N–H and O–H groups in total. The van der Waals surface area contributed by atoms with Gasteiger partial charge in [0, 0.05) is 17.9 Å². The summed E-state index contributed by atoms with van der Waals surface area (Å²) in [6, 6.07) is 4.39. The first-order valence-electron chi connectivity index (χ1n) is 5.09. The first-order valence-corrected chi connectivity index (χ1v) is 5.09. The zero-order valence-electron chi connectivity index (χ0n) is 9.52. The maximum atomic E-state index is 2.41. The highest BCUT2D eigenvalue weighted by Gasteiger charge is 2.17. The molecule has 0 saturated heterocycles. The van der Waals surface area contributed by atoms with Crippen LogP contribution in [0, 0.1) is 19.3 Å². The second-order valence-corrected chi connectivity index (χ2v) is 4.72. The third-order valence-corrected chi connectivity index (χ3v) is 2.96. The zero-order chi connectivity index (χ0) is 10.1. The van der Waals surface area contributed by atoms with E-state index in [1.807, 2.05) is 0 Å². The Morgan fingerprint density at radius 2 is 1.62 bits per heavy atom. The third-order valence-electron chi connectivity index (χ3n) is 2.96. The highest BCUT2D eigenvalue weighted by Crippen LogP contribution is 2.24. The van der Waals surface area contributed by atoms with Gasteiger partial charge in [-0.3, -0.25) is 0 Å². The number of nitrogens with zero attached hydrogens (tertiary/aromatic N) is 1. The molecular formula is C12H21N. The number of hydrogen-bond acceptors (Lipinski definition) is 0. The predicted molar refractivity (Wildman–Crippen MR) is 58.0 cm³/mol. The molecule has 0 radical (unpaired) electrons. The predicted octanol–water partition coefficient (Wildman–Crippen LogP) is 3.54. The first kappa shape index (κ1) is 10.4. The van der Waals surface area contributed by atoms with Crippen LogP contribution in [0.2, 0.25) is 0 Å². The van der Waals surface area contributed by atoms with E-state index >= 15 is 0 Å². The fourth-order valence-corrected chi connectivity index (χ4v) is 1.49. The molecule has 1 rings (SSSR count). The van der Waals surface area contributed by atoms with Crippen LogP contribution in [-0.2, 0) is 6.54 Å². The quantitative estimate of drug-likeness (QED) is 0.669. The SMILES string of the molecule is CCC(C)(C)Cn1c(C)ccc1C. The summed E-state index contributed by atoms with van der Waals surface area (Å²) >= 11 is 0. The molecule has 1 heterocycles. The maximum Gasteiger partial charge on any atom is 0.0275 e. The summed E-state index contributed by atoms with van der Waals surface area (Å²) in [7, 11) is 0. The van der Waals surface area contributed by atoms with Gasteiger partial charge in [0.2, 0.25) is 0 Å². The number of aryl methyl sites for hydroxylation is 2. The van der Waals surface area contributed by atoms with Crippen molar-refractivity contribution in [1.82, 2.24) is 4.57 Å². The van der Waals surface area contributed by atoms with Crippen molar-refractivity contribution in [3.05, 3.63) is 23.5 Å². The summed E-state index contributed by atoms with van der Waals surface area (Å²) in [5.74, 6) is 0. The van der Waals surface area contributed by atoms with Gasteiger partial charge in [-0.25, -0.2) is 0 Å². The minimum Gasteiger partial charge on any atom is -0.349 e. The van der Waals surface area contributed by atoms with Gasteiger partial charge in [0.25, 0.3) is 0 Å². The van der Waals surface area contributed by atoms with Crippen molar-refractivity contribution in [3.63, 3.8) is 0 Å². The molecule has 0 spiro atoms. The smallest absolute Gasteiger partial charge is 0.0275 e. The van der Waals surface area contributed by atoms with E-state index in [2.05, 4.69) is 51.3 Å². The Balaban J connectivity index is 2.85. The number of aromatic nitrogens is 1. The van der Waals surface area contributed by atoms with Crippen molar-refractivity contribution in [2.75, 3.05) is 0 Å². The highest BCUT2D eigenvalue weighted by molar-refractivity contribution is 5.13. The van der Waals surface area contributed by atoms with E-state index < -0.39 is 0 Å². The van der Waals surface area contributed by atoms with Gasteiger partial charge in [-0.15, -0.1) is 0 Å². The van der Waals surface area contributed by atoms with Crippen LogP contribution in [0.1, 0.15) is 38.6 Å². The minimum absolute atomic E-state index is 0.411. The standard InChI is InChI=1S/C12H21N/c1-6-12(4,5)9-13-10(2)7-8-11(13)3/h7-8H,6,9H2,1-5H3. The van der Waals surface area contributed by atoms with Crippen LogP contribution in [0.4, 0.5) is 0 Å². The lowest BCUT2D eigenvalue weighted by Gasteiger charge is -2.25. The third kappa shape index (κ3) is 2.36. The van der Waals surface area contributed by atoms with Gasteiger partial charge in [0.15, 0.2) is 0 Å². The Morgan fingerprint density at radius 3 is 2.00 bits per heavy atom. The molecule has 0 amide bonds. The van der Waals surface area contributed by atoms with Crippen molar-refractivity contribution in [1.29, 1.82) is 0 Å². The van der Waals surface area contributed by atoms with Gasteiger partial charge in [-0.2, -0.15) is 0 Å². The maximum absolute atomic E-state index is 2.41. The summed E-state index contributed by atoms with van der Waals surface area (Å²) in [6.07, 6.45) is 1.23. The molecule has 1 aromatic heterocycles. The minimum atomic E-state index is 0.411. The molecule has 74 valence electrons. The fourth-order valence-electron chi connectivity index (χ4n) is 1.49. The van der Waals surface area contributed by atoms with Gasteiger partial charge in [-0.1, -0.05) is 20.8 Å². The fraction of sp³-hybridized carbons (Fsp3) is 0.667. The molecule has 0 saturated carbocycles. The highest BCUT2D eigenvalue weighted by atomic mass is 15.0. The van der Waals surface area contributed by atoms with Crippen LogP contribution in [0.25, 0.3) is 0 Å². The van der Waals surface area contributed by atoms with Gasteiger partial charge in [-0.05, 0) is 37.8 Å². The lowest BCUT2D eigenvalue weighted by molar-refractivity contribution is 0.290. The van der Waals surface area contributed by atoms with Gasteiger partial charge >= 0.3 is 0 Å². The Kier molecular flexibility index (Phi) is 2.84. The molecule has 0 aliphatic heterocycles. The number of hydrogen-bond donors (Lipinski definition) is 0. The second kappa shape index (κ2) is 3.57. The van der Waals surface area contributed by atoms with E-state index in [-0.39, 0.29) is 0 Å². The van der Waals surface area contributed by atoms with E-state index in [9.17, 15) is 0 Å². The summed E-state index contributed by atoms with van der Waals surface area (Å²) in [6.45, 7) is 12.4. The largest absolute Gasteiger partial charge is 0.349 e. The summed E-state index contributed by atoms with van der Waals surface area (Å²) in [5.41, 5.74) is 3.16. The van der Waals surface area contributed by atoms with Gasteiger partial charge < -0.3 is 4.57 Å². The summed E-state index contributed by atoms with van der Waals surface area (Å²) < 4.78 is 2.41. The summed E-state index contributed by atoms with van der Waals surface area (Å²) in [5, 5.41) is 0. The van der Waals surface area contributed by atoms with Crippen LogP contribution in [0.15, 0.2) is 12.1 Å². The van der Waals surface area contributed by atoms with Crippen LogP contribution in [0.5, 0.6) is 0 Å². The van der Waals surface area contributed by atoms with Gasteiger partial charge in [0.1, 0.15) is 0 Å². The average molecular weight is 179 g/mol. The molecule has 0 bridgehead atoms. The second-order valence-electron chi connectivity index (χ2n) is 4.72. The molecule has 0 unspecified atom stereocenters. The van der Waals surface area contributed by atoms with Crippen LogP contribution < -0.4 is 0 Å². The van der Waals surface area contributed by atoms with Crippen molar-refractivity contribution in [2.45, 2.75) is 47.6 Å². The lowest BCUT2D eigenvalue weighted by Crippen LogP contribution is -2.20. The zero-order valence-corrected chi connectivity index (χ0v) is 9.52. The molecule has 13 heavy (non-hydrogen) atoms. The molecule has 0 fully saturated rings. The van der Waals surface area contributed by atoms with Crippen LogP contribution >= 0.6 is 0 Å². The topological polar surface area (TPSA) is 4.93 Å². The Morgan fingerprint density at radius 1 is 1.15 bits per heavy atom. The normalized spacial score (nSPS) is 12.1. The molecule has 0 atom stereocenters. The van der Waals surface area contributed by atoms with E-state index in [4.69, 9.17) is 0 Å². The summed E-state index contributed by atoms with van der Waals surface area (Å²) in [4.78, 5) is 0. The lowest BCUT2D eigenvalue weighted by atomic mass is 9.90. The molecule has 0 aliphatic carbocycles. The molecule has 1 nitrogen and oxygen atoms in total. The van der Waals surface area contributed by atoms with Crippen molar-refractivity contribution < 1.29 is 0 Å². The van der Waals surface area contributed by atoms with Crippen LogP contribution in [-0.4, -0.2) is 4.57 Å². The Labute approximate surface area is 81.8 Å². The van der Waals surface area contributed by atoms with Crippen molar-refractivity contribution >= 4 is 0 Å². The van der Waals surface area contributed by atoms with E-state index in [0.29, 0.717) is 5.41 Å². The van der Waals surface area contributed by atoms with E-state index in [1.165, 1.54) is 17.8 Å². The van der Waals surface area contributed by atoms with E-state index in [0.717, 1.165) is 6.54 Å². The van der Waals surface area contributed by atoms with E-state index in [1.54, 1.807) is 0 Å². The van der Waals surface area contributed by atoms with Gasteiger partial charge in [0.05, 0.1) is 0 Å².